The molecule has 0 radical (unpaired) electrons. The number of rotatable bonds is 3. The zero-order valence-electron chi connectivity index (χ0n) is 13.0. The minimum atomic E-state index is -0.584. The van der Waals surface area contributed by atoms with Gasteiger partial charge in [-0.15, -0.1) is 0 Å². The Bertz CT molecular complexity index is 622. The summed E-state index contributed by atoms with van der Waals surface area (Å²) in [5.41, 5.74) is 2.22. The molecule has 0 bridgehead atoms. The van der Waals surface area contributed by atoms with Crippen LogP contribution in [0.25, 0.3) is 0 Å². The van der Waals surface area contributed by atoms with Gasteiger partial charge in [0.05, 0.1) is 6.61 Å². The molecule has 1 aliphatic heterocycles. The van der Waals surface area contributed by atoms with Crippen LogP contribution in [-0.2, 0) is 9.47 Å². The van der Waals surface area contributed by atoms with Crippen LogP contribution in [-0.4, -0.2) is 24.7 Å². The Morgan fingerprint density at radius 2 is 1.64 bits per heavy atom. The molecule has 0 saturated carbocycles. The summed E-state index contributed by atoms with van der Waals surface area (Å²) >= 11 is 0. The Morgan fingerprint density at radius 3 is 2.32 bits per heavy atom. The molecule has 2 atom stereocenters. The van der Waals surface area contributed by atoms with Gasteiger partial charge in [0, 0.05) is 6.21 Å². The predicted molar refractivity (Wildman–Crippen MR) is 88.1 cm³/mol. The minimum absolute atomic E-state index is 0.0457. The van der Waals surface area contributed by atoms with E-state index in [-0.39, 0.29) is 12.1 Å². The van der Waals surface area contributed by atoms with Gasteiger partial charge in [-0.1, -0.05) is 60.7 Å². The Morgan fingerprint density at radius 1 is 1.00 bits per heavy atom. The highest BCUT2D eigenvalue weighted by molar-refractivity contribution is 5.79. The van der Waals surface area contributed by atoms with Crippen LogP contribution in [0.3, 0.4) is 0 Å². The van der Waals surface area contributed by atoms with E-state index in [4.69, 9.17) is 14.5 Å². The summed E-state index contributed by atoms with van der Waals surface area (Å²) in [6.07, 6.45) is 1.80. The molecule has 1 heterocycles. The van der Waals surface area contributed by atoms with Gasteiger partial charge in [-0.05, 0) is 25.0 Å². The van der Waals surface area contributed by atoms with Gasteiger partial charge < -0.3 is 9.47 Å². The van der Waals surface area contributed by atoms with Crippen LogP contribution in [0.2, 0.25) is 0 Å². The van der Waals surface area contributed by atoms with E-state index in [0.717, 1.165) is 11.1 Å². The number of hydrogen-bond acceptors (Lipinski definition) is 3. The van der Waals surface area contributed by atoms with Crippen molar-refractivity contribution in [3.05, 3.63) is 71.8 Å². The van der Waals surface area contributed by atoms with Gasteiger partial charge in [-0.2, -0.15) is 0 Å². The fourth-order valence-corrected chi connectivity index (χ4v) is 2.57. The molecule has 2 aromatic carbocycles. The highest BCUT2D eigenvalue weighted by atomic mass is 16.7. The molecular formula is C19H21NO2. The minimum Gasteiger partial charge on any atom is -0.348 e. The maximum Gasteiger partial charge on any atom is 0.163 e. The van der Waals surface area contributed by atoms with Crippen LogP contribution in [0.1, 0.15) is 31.1 Å². The van der Waals surface area contributed by atoms with Gasteiger partial charge >= 0.3 is 0 Å². The lowest BCUT2D eigenvalue weighted by molar-refractivity contribution is -0.281. The predicted octanol–water partition coefficient (Wildman–Crippen LogP) is 4.00. The Balaban J connectivity index is 1.83. The molecule has 0 aromatic heterocycles. The van der Waals surface area contributed by atoms with Gasteiger partial charge in [0.15, 0.2) is 5.79 Å². The zero-order valence-corrected chi connectivity index (χ0v) is 13.0. The van der Waals surface area contributed by atoms with Crippen molar-refractivity contribution < 1.29 is 9.47 Å². The first-order chi connectivity index (χ1) is 10.6. The van der Waals surface area contributed by atoms with Crippen molar-refractivity contribution in [3.63, 3.8) is 0 Å². The van der Waals surface area contributed by atoms with Crippen LogP contribution in [0.4, 0.5) is 0 Å². The zero-order chi connectivity index (χ0) is 15.4. The first-order valence-electron chi connectivity index (χ1n) is 7.59. The molecule has 0 N–H and O–H groups in total. The number of aliphatic imine (C=N–C) groups is 1. The van der Waals surface area contributed by atoms with Crippen LogP contribution < -0.4 is 0 Å². The summed E-state index contributed by atoms with van der Waals surface area (Å²) in [5, 5.41) is 0. The van der Waals surface area contributed by atoms with E-state index < -0.39 is 5.79 Å². The maximum absolute atomic E-state index is 6.12. The molecule has 3 heteroatoms. The van der Waals surface area contributed by atoms with Crippen molar-refractivity contribution in [2.75, 3.05) is 6.61 Å². The maximum atomic E-state index is 6.12. The molecule has 1 fully saturated rings. The molecule has 0 aliphatic carbocycles. The average molecular weight is 295 g/mol. The summed E-state index contributed by atoms with van der Waals surface area (Å²) in [7, 11) is 0. The van der Waals surface area contributed by atoms with Crippen molar-refractivity contribution in [3.8, 4) is 0 Å². The molecule has 1 aliphatic rings. The summed E-state index contributed by atoms with van der Waals surface area (Å²) in [6, 6.07) is 20.3. The highest BCUT2D eigenvalue weighted by Crippen LogP contribution is 2.34. The second-order valence-corrected chi connectivity index (χ2v) is 5.92. The van der Waals surface area contributed by atoms with Crippen LogP contribution in [0, 0.1) is 0 Å². The molecular weight excluding hydrogens is 274 g/mol. The average Bonchev–Trinajstić information content (AvgIpc) is 2.55. The van der Waals surface area contributed by atoms with Crippen molar-refractivity contribution in [1.82, 2.24) is 0 Å². The molecule has 114 valence electrons. The third-order valence-corrected chi connectivity index (χ3v) is 3.70. The van der Waals surface area contributed by atoms with E-state index in [2.05, 4.69) is 12.1 Å². The first-order valence-corrected chi connectivity index (χ1v) is 7.59. The van der Waals surface area contributed by atoms with E-state index in [1.54, 1.807) is 0 Å². The van der Waals surface area contributed by atoms with Gasteiger partial charge in [0.2, 0.25) is 0 Å². The third-order valence-electron chi connectivity index (χ3n) is 3.70. The molecule has 3 rings (SSSR count). The summed E-state index contributed by atoms with van der Waals surface area (Å²) in [4.78, 5) is 4.70. The van der Waals surface area contributed by atoms with E-state index in [1.807, 2.05) is 68.6 Å². The monoisotopic (exact) mass is 295 g/mol. The molecule has 0 unspecified atom stereocenters. The topological polar surface area (TPSA) is 30.8 Å². The van der Waals surface area contributed by atoms with Crippen molar-refractivity contribution >= 4 is 6.21 Å². The number of hydrogen-bond donors (Lipinski definition) is 0. The molecule has 1 saturated heterocycles. The number of ether oxygens (including phenoxy) is 2. The summed E-state index contributed by atoms with van der Waals surface area (Å²) < 4.78 is 11.9. The Hall–Kier alpha value is -1.97. The van der Waals surface area contributed by atoms with Gasteiger partial charge in [-0.3, -0.25) is 4.99 Å². The number of nitrogens with zero attached hydrogens (tertiary/aromatic N) is 1. The lowest BCUT2D eigenvalue weighted by atomic mass is 10.0. The lowest BCUT2D eigenvalue weighted by Gasteiger charge is -2.39. The van der Waals surface area contributed by atoms with E-state index >= 15 is 0 Å². The summed E-state index contributed by atoms with van der Waals surface area (Å²) in [5.74, 6) is -0.584. The second kappa shape index (κ2) is 6.42. The van der Waals surface area contributed by atoms with Crippen molar-refractivity contribution in [2.24, 2.45) is 4.99 Å². The SMILES string of the molecule is CC1(C)OC[C@H](N=Cc2ccccc2)[C@H](c2ccccc2)O1. The van der Waals surface area contributed by atoms with Crippen molar-refractivity contribution in [1.29, 1.82) is 0 Å². The lowest BCUT2D eigenvalue weighted by Crippen LogP contribution is -2.43. The normalized spacial score (nSPS) is 24.5. The molecule has 0 spiro atoms. The fraction of sp³-hybridized carbons (Fsp3) is 0.316. The van der Waals surface area contributed by atoms with E-state index in [9.17, 15) is 0 Å². The second-order valence-electron chi connectivity index (χ2n) is 5.92. The summed E-state index contributed by atoms with van der Waals surface area (Å²) in [6.45, 7) is 4.44. The number of benzene rings is 2. The standard InChI is InChI=1S/C19H21NO2/c1-19(2)21-14-17(20-13-15-9-5-3-6-10-15)18(22-19)16-11-7-4-8-12-16/h3-13,17-18H,14H2,1-2H3/t17-,18-/m0/s1. The van der Waals surface area contributed by atoms with Crippen LogP contribution >= 0.6 is 0 Å². The van der Waals surface area contributed by atoms with E-state index in [1.165, 1.54) is 0 Å². The van der Waals surface area contributed by atoms with Gasteiger partial charge in [0.1, 0.15) is 12.1 Å². The molecule has 3 nitrogen and oxygen atoms in total. The van der Waals surface area contributed by atoms with Crippen LogP contribution in [0.15, 0.2) is 65.7 Å². The largest absolute Gasteiger partial charge is 0.348 e. The smallest absolute Gasteiger partial charge is 0.163 e. The fourth-order valence-electron chi connectivity index (χ4n) is 2.57. The quantitative estimate of drug-likeness (QED) is 0.801. The third kappa shape index (κ3) is 3.62. The first kappa shape index (κ1) is 14.9. The molecule has 2 aromatic rings. The van der Waals surface area contributed by atoms with E-state index in [0.29, 0.717) is 6.61 Å². The van der Waals surface area contributed by atoms with Gasteiger partial charge in [0.25, 0.3) is 0 Å². The Labute approximate surface area is 131 Å². The molecule has 0 amide bonds. The van der Waals surface area contributed by atoms with Gasteiger partial charge in [-0.25, -0.2) is 0 Å². The highest BCUT2D eigenvalue weighted by Gasteiger charge is 2.37. The van der Waals surface area contributed by atoms with Crippen molar-refractivity contribution in [2.45, 2.75) is 31.8 Å². The Kier molecular flexibility index (Phi) is 4.36. The van der Waals surface area contributed by atoms with Crippen LogP contribution in [0.5, 0.6) is 0 Å². The molecule has 22 heavy (non-hydrogen) atoms.